The molecule has 2 nitrogen and oxygen atoms in total. The molecule has 48 valence electrons. The first-order valence-electron chi connectivity index (χ1n) is 2.30. The zero-order valence-electron chi connectivity index (χ0n) is 4.50. The molecule has 0 atom stereocenters. The molecule has 0 aromatic carbocycles. The van der Waals surface area contributed by atoms with Gasteiger partial charge in [-0.1, -0.05) is 0 Å². The maximum atomic E-state index is 12.1. The summed E-state index contributed by atoms with van der Waals surface area (Å²) in [7, 11) is 0. The molecule has 0 spiro atoms. The largest absolute Gasteiger partial charge is 0.397 e. The fourth-order valence-electron chi connectivity index (χ4n) is 0.431. The van der Waals surface area contributed by atoms with E-state index in [9.17, 15) is 4.39 Å². The molecule has 0 amide bonds. The Kier molecular flexibility index (Phi) is 1.57. The van der Waals surface area contributed by atoms with Crippen LogP contribution in [0.1, 0.15) is 0 Å². The molecule has 0 saturated carbocycles. The van der Waals surface area contributed by atoms with Crippen molar-refractivity contribution in [1.82, 2.24) is 4.98 Å². The topological polar surface area (TPSA) is 38.9 Å². The van der Waals surface area contributed by atoms with E-state index in [0.29, 0.717) is 10.6 Å². The van der Waals surface area contributed by atoms with Crippen molar-refractivity contribution in [3.63, 3.8) is 0 Å². The number of pyridine rings is 1. The SMILES string of the molecule is Nc1cnc(F)cc1S. The molecule has 0 aliphatic rings. The number of aromatic nitrogens is 1. The molecule has 1 rings (SSSR count). The van der Waals surface area contributed by atoms with Crippen LogP contribution >= 0.6 is 12.6 Å². The number of rotatable bonds is 0. The van der Waals surface area contributed by atoms with Crippen LogP contribution in [-0.4, -0.2) is 4.98 Å². The van der Waals surface area contributed by atoms with Gasteiger partial charge in [0.1, 0.15) is 0 Å². The summed E-state index contributed by atoms with van der Waals surface area (Å²) in [5.74, 6) is -0.561. The predicted octanol–water partition coefficient (Wildman–Crippen LogP) is 1.09. The van der Waals surface area contributed by atoms with Crippen LogP contribution in [0.3, 0.4) is 0 Å². The van der Waals surface area contributed by atoms with Crippen LogP contribution in [0.4, 0.5) is 10.1 Å². The Morgan fingerprint density at radius 2 is 2.33 bits per heavy atom. The van der Waals surface area contributed by atoms with Gasteiger partial charge in [0.2, 0.25) is 5.95 Å². The summed E-state index contributed by atoms with van der Waals surface area (Å²) >= 11 is 3.86. The molecule has 2 N–H and O–H groups in total. The van der Waals surface area contributed by atoms with E-state index in [1.807, 2.05) is 0 Å². The van der Waals surface area contributed by atoms with Gasteiger partial charge >= 0.3 is 0 Å². The van der Waals surface area contributed by atoms with Gasteiger partial charge in [0.25, 0.3) is 0 Å². The van der Waals surface area contributed by atoms with Crippen molar-refractivity contribution in [3.8, 4) is 0 Å². The lowest BCUT2D eigenvalue weighted by Crippen LogP contribution is -1.90. The van der Waals surface area contributed by atoms with E-state index < -0.39 is 5.95 Å². The average molecular weight is 144 g/mol. The number of hydrogen-bond acceptors (Lipinski definition) is 3. The molecular weight excluding hydrogens is 139 g/mol. The van der Waals surface area contributed by atoms with E-state index in [-0.39, 0.29) is 0 Å². The summed E-state index contributed by atoms with van der Waals surface area (Å²) in [6.45, 7) is 0. The van der Waals surface area contributed by atoms with Gasteiger partial charge in [-0.3, -0.25) is 0 Å². The van der Waals surface area contributed by atoms with E-state index in [1.54, 1.807) is 0 Å². The number of halogens is 1. The molecule has 0 unspecified atom stereocenters. The van der Waals surface area contributed by atoms with Gasteiger partial charge in [0.05, 0.1) is 11.9 Å². The van der Waals surface area contributed by atoms with Crippen LogP contribution in [0.5, 0.6) is 0 Å². The second kappa shape index (κ2) is 2.23. The minimum absolute atomic E-state index is 0.389. The molecule has 1 aromatic rings. The maximum absolute atomic E-state index is 12.1. The molecule has 0 saturated heterocycles. The number of nitrogens with two attached hydrogens (primary N) is 1. The summed E-state index contributed by atoms with van der Waals surface area (Å²) < 4.78 is 12.1. The molecule has 4 heteroatoms. The lowest BCUT2D eigenvalue weighted by molar-refractivity contribution is 0.580. The van der Waals surface area contributed by atoms with Crippen molar-refractivity contribution in [1.29, 1.82) is 0 Å². The van der Waals surface area contributed by atoms with Gasteiger partial charge < -0.3 is 5.73 Å². The normalized spacial score (nSPS) is 9.56. The van der Waals surface area contributed by atoms with Gasteiger partial charge in [-0.25, -0.2) is 4.98 Å². The Morgan fingerprint density at radius 1 is 1.67 bits per heavy atom. The second-order valence-electron chi connectivity index (χ2n) is 1.57. The van der Waals surface area contributed by atoms with Gasteiger partial charge in [0.15, 0.2) is 0 Å². The summed E-state index contributed by atoms with van der Waals surface area (Å²) in [4.78, 5) is 3.72. The van der Waals surface area contributed by atoms with Crippen molar-refractivity contribution in [2.24, 2.45) is 0 Å². The molecule has 1 heterocycles. The van der Waals surface area contributed by atoms with Gasteiger partial charge in [-0.05, 0) is 0 Å². The first-order valence-corrected chi connectivity index (χ1v) is 2.75. The summed E-state index contributed by atoms with van der Waals surface area (Å²) in [6.07, 6.45) is 1.23. The first kappa shape index (κ1) is 6.35. The highest BCUT2D eigenvalue weighted by molar-refractivity contribution is 7.80. The fraction of sp³-hybridized carbons (Fsp3) is 0. The standard InChI is InChI=1S/C5H5FN2S/c6-5-1-4(9)3(7)2-8-5/h1-2H,7H2,(H,8,9). The molecule has 0 bridgehead atoms. The second-order valence-corrected chi connectivity index (χ2v) is 2.05. The van der Waals surface area contributed by atoms with E-state index in [1.165, 1.54) is 12.3 Å². The molecule has 0 aliphatic carbocycles. The molecule has 0 radical (unpaired) electrons. The number of hydrogen-bond donors (Lipinski definition) is 2. The Bertz CT molecular complexity index is 226. The Balaban J connectivity index is 3.17. The van der Waals surface area contributed by atoms with Crippen molar-refractivity contribution in [2.45, 2.75) is 4.90 Å². The van der Waals surface area contributed by atoms with Crippen molar-refractivity contribution < 1.29 is 4.39 Å². The third-order valence-corrected chi connectivity index (χ3v) is 1.27. The minimum atomic E-state index is -0.561. The monoisotopic (exact) mass is 144 g/mol. The lowest BCUT2D eigenvalue weighted by atomic mass is 10.4. The number of nitrogens with zero attached hydrogens (tertiary/aromatic N) is 1. The summed E-state index contributed by atoms with van der Waals surface area (Å²) in [6, 6.07) is 1.17. The summed E-state index contributed by atoms with van der Waals surface area (Å²) in [5, 5.41) is 0. The van der Waals surface area contributed by atoms with Crippen molar-refractivity contribution in [2.75, 3.05) is 5.73 Å². The third-order valence-electron chi connectivity index (χ3n) is 0.879. The van der Waals surface area contributed by atoms with Crippen LogP contribution < -0.4 is 5.73 Å². The number of nitrogen functional groups attached to an aromatic ring is 1. The number of thiol groups is 1. The van der Waals surface area contributed by atoms with Crippen LogP contribution in [0, 0.1) is 5.95 Å². The highest BCUT2D eigenvalue weighted by atomic mass is 32.1. The molecule has 0 aliphatic heterocycles. The van der Waals surface area contributed by atoms with E-state index in [2.05, 4.69) is 17.6 Å². The fourth-order valence-corrected chi connectivity index (χ4v) is 0.595. The maximum Gasteiger partial charge on any atom is 0.214 e. The van der Waals surface area contributed by atoms with E-state index >= 15 is 0 Å². The number of anilines is 1. The Labute approximate surface area is 57.3 Å². The third kappa shape index (κ3) is 1.32. The van der Waals surface area contributed by atoms with Gasteiger partial charge in [-0.2, -0.15) is 4.39 Å². The van der Waals surface area contributed by atoms with Gasteiger partial charge in [0, 0.05) is 11.0 Å². The zero-order valence-corrected chi connectivity index (χ0v) is 5.40. The summed E-state index contributed by atoms with van der Waals surface area (Å²) in [5.41, 5.74) is 5.67. The highest BCUT2D eigenvalue weighted by Crippen LogP contribution is 2.13. The van der Waals surface area contributed by atoms with E-state index in [4.69, 9.17) is 5.73 Å². The average Bonchev–Trinajstić information content (AvgIpc) is 1.80. The van der Waals surface area contributed by atoms with Crippen LogP contribution in [-0.2, 0) is 0 Å². The van der Waals surface area contributed by atoms with E-state index in [0.717, 1.165) is 0 Å². The first-order chi connectivity index (χ1) is 4.20. The Morgan fingerprint density at radius 3 is 2.78 bits per heavy atom. The molecular formula is C5H5FN2S. The van der Waals surface area contributed by atoms with Crippen molar-refractivity contribution >= 4 is 18.3 Å². The predicted molar refractivity (Wildman–Crippen MR) is 35.9 cm³/mol. The van der Waals surface area contributed by atoms with Crippen molar-refractivity contribution in [3.05, 3.63) is 18.2 Å². The lowest BCUT2D eigenvalue weighted by Gasteiger charge is -1.94. The smallest absolute Gasteiger partial charge is 0.214 e. The quantitative estimate of drug-likeness (QED) is 0.422. The minimum Gasteiger partial charge on any atom is -0.397 e. The molecule has 1 aromatic heterocycles. The Hall–Kier alpha value is -0.770. The molecule has 9 heavy (non-hydrogen) atoms. The molecule has 0 fully saturated rings. The zero-order chi connectivity index (χ0) is 6.85. The highest BCUT2D eigenvalue weighted by Gasteiger charge is 1.94. The van der Waals surface area contributed by atoms with Crippen LogP contribution in [0.15, 0.2) is 17.2 Å². The van der Waals surface area contributed by atoms with Gasteiger partial charge in [-0.15, -0.1) is 12.6 Å². The van der Waals surface area contributed by atoms with Crippen LogP contribution in [0.25, 0.3) is 0 Å². The van der Waals surface area contributed by atoms with Crippen LogP contribution in [0.2, 0.25) is 0 Å².